The van der Waals surface area contributed by atoms with Crippen LogP contribution in [0.3, 0.4) is 0 Å². The monoisotopic (exact) mass is 267 g/mol. The number of rotatable bonds is 5. The molecule has 1 aliphatic carbocycles. The molecule has 0 radical (unpaired) electrons. The number of carboxylic acid groups (broad SMARTS) is 1. The van der Waals surface area contributed by atoms with E-state index in [1.165, 1.54) is 0 Å². The molecule has 4 nitrogen and oxygen atoms in total. The Labute approximate surface area is 103 Å². The zero-order chi connectivity index (χ0) is 13.8. The second kappa shape index (κ2) is 6.06. The second-order valence-corrected chi connectivity index (χ2v) is 4.55. The van der Waals surface area contributed by atoms with Gasteiger partial charge in [0, 0.05) is 18.9 Å². The smallest absolute Gasteiger partial charge is 0.389 e. The fraction of sp³-hybridized carbons (Fsp3) is 0.818. The zero-order valence-electron chi connectivity index (χ0n) is 9.79. The Bertz CT molecular complexity index is 317. The molecule has 0 saturated heterocycles. The number of hydrogen-bond acceptors (Lipinski definition) is 2. The Morgan fingerprint density at radius 3 is 2.33 bits per heavy atom. The van der Waals surface area contributed by atoms with E-state index >= 15 is 0 Å². The van der Waals surface area contributed by atoms with Crippen LogP contribution in [0.4, 0.5) is 13.2 Å². The van der Waals surface area contributed by atoms with E-state index < -0.39 is 24.5 Å². The molecule has 18 heavy (non-hydrogen) atoms. The maximum atomic E-state index is 11.8. The maximum Gasteiger partial charge on any atom is 0.389 e. The van der Waals surface area contributed by atoms with Crippen molar-refractivity contribution in [3.05, 3.63) is 0 Å². The molecule has 1 amide bonds. The lowest BCUT2D eigenvalue weighted by Gasteiger charge is -2.11. The number of halogens is 3. The average molecular weight is 267 g/mol. The summed E-state index contributed by atoms with van der Waals surface area (Å²) in [7, 11) is 0. The van der Waals surface area contributed by atoms with E-state index in [-0.39, 0.29) is 31.2 Å². The fourth-order valence-electron chi connectivity index (χ4n) is 2.09. The molecule has 0 aromatic rings. The first-order valence-electron chi connectivity index (χ1n) is 5.87. The van der Waals surface area contributed by atoms with Crippen LogP contribution in [-0.4, -0.2) is 29.7 Å². The molecule has 2 unspecified atom stereocenters. The van der Waals surface area contributed by atoms with Gasteiger partial charge in [-0.2, -0.15) is 13.2 Å². The summed E-state index contributed by atoms with van der Waals surface area (Å²) in [6, 6.07) is 0. The van der Waals surface area contributed by atoms with Crippen molar-refractivity contribution in [3.63, 3.8) is 0 Å². The minimum atomic E-state index is -4.20. The van der Waals surface area contributed by atoms with Gasteiger partial charge in [-0.05, 0) is 25.7 Å². The molecule has 0 heterocycles. The van der Waals surface area contributed by atoms with Gasteiger partial charge in [-0.3, -0.25) is 9.59 Å². The Balaban J connectivity index is 2.20. The largest absolute Gasteiger partial charge is 0.481 e. The molecule has 0 bridgehead atoms. The standard InChI is InChI=1S/C11H16F3NO3/c12-11(13,14)4-1-5-15-9(16)7-2-3-8(6-7)10(17)18/h7-8H,1-6H2,(H,15,16)(H,17,18). The first-order chi connectivity index (χ1) is 8.29. The molecule has 2 atom stereocenters. The maximum absolute atomic E-state index is 11.8. The van der Waals surface area contributed by atoms with Crippen LogP contribution in [0.1, 0.15) is 32.1 Å². The van der Waals surface area contributed by atoms with Gasteiger partial charge in [-0.15, -0.1) is 0 Å². The molecule has 0 aliphatic heterocycles. The lowest BCUT2D eigenvalue weighted by molar-refractivity contribution is -0.141. The number of aliphatic carboxylic acids is 1. The molecular formula is C11H16F3NO3. The van der Waals surface area contributed by atoms with Crippen LogP contribution in [0.25, 0.3) is 0 Å². The van der Waals surface area contributed by atoms with Gasteiger partial charge in [0.2, 0.25) is 5.91 Å². The quantitative estimate of drug-likeness (QED) is 0.748. The summed E-state index contributed by atoms with van der Waals surface area (Å²) >= 11 is 0. The molecule has 7 heteroatoms. The number of carbonyl (C=O) groups is 2. The van der Waals surface area contributed by atoms with Crippen molar-refractivity contribution < 1.29 is 27.9 Å². The van der Waals surface area contributed by atoms with Gasteiger partial charge in [0.25, 0.3) is 0 Å². The van der Waals surface area contributed by atoms with E-state index in [1.807, 2.05) is 0 Å². The summed E-state index contributed by atoms with van der Waals surface area (Å²) in [5.41, 5.74) is 0. The van der Waals surface area contributed by atoms with Crippen molar-refractivity contribution in [1.29, 1.82) is 0 Å². The third-order valence-corrected chi connectivity index (χ3v) is 3.09. The van der Waals surface area contributed by atoms with Gasteiger partial charge in [0.1, 0.15) is 0 Å². The fourth-order valence-corrected chi connectivity index (χ4v) is 2.09. The van der Waals surface area contributed by atoms with Crippen LogP contribution in [0.5, 0.6) is 0 Å². The lowest BCUT2D eigenvalue weighted by Crippen LogP contribution is -2.31. The van der Waals surface area contributed by atoms with Gasteiger partial charge in [0.15, 0.2) is 0 Å². The summed E-state index contributed by atoms with van der Waals surface area (Å²) in [4.78, 5) is 22.2. The summed E-state index contributed by atoms with van der Waals surface area (Å²) in [5.74, 6) is -2.13. The van der Waals surface area contributed by atoms with E-state index in [9.17, 15) is 22.8 Å². The van der Waals surface area contributed by atoms with E-state index in [0.29, 0.717) is 12.8 Å². The summed E-state index contributed by atoms with van der Waals surface area (Å²) in [6.45, 7) is -0.0212. The Hall–Kier alpha value is -1.27. The van der Waals surface area contributed by atoms with E-state index in [0.717, 1.165) is 0 Å². The normalized spacial score (nSPS) is 23.9. The minimum Gasteiger partial charge on any atom is -0.481 e. The molecular weight excluding hydrogens is 251 g/mol. The number of amides is 1. The molecule has 0 aromatic carbocycles. The summed E-state index contributed by atoms with van der Waals surface area (Å²) in [6.07, 6.45) is -4.05. The van der Waals surface area contributed by atoms with Crippen LogP contribution in [0, 0.1) is 11.8 Å². The molecule has 1 fully saturated rings. The molecule has 2 N–H and O–H groups in total. The van der Waals surface area contributed by atoms with E-state index in [4.69, 9.17) is 5.11 Å². The second-order valence-electron chi connectivity index (χ2n) is 4.55. The minimum absolute atomic E-state index is 0.0212. The summed E-state index contributed by atoms with van der Waals surface area (Å²) < 4.78 is 35.5. The highest BCUT2D eigenvalue weighted by Crippen LogP contribution is 2.31. The highest BCUT2D eigenvalue weighted by molar-refractivity contribution is 5.80. The Morgan fingerprint density at radius 2 is 1.83 bits per heavy atom. The van der Waals surface area contributed by atoms with E-state index in [2.05, 4.69) is 5.32 Å². The van der Waals surface area contributed by atoms with Gasteiger partial charge in [-0.1, -0.05) is 0 Å². The topological polar surface area (TPSA) is 66.4 Å². The third kappa shape index (κ3) is 4.93. The van der Waals surface area contributed by atoms with Gasteiger partial charge < -0.3 is 10.4 Å². The average Bonchev–Trinajstić information content (AvgIpc) is 2.72. The highest BCUT2D eigenvalue weighted by atomic mass is 19.4. The first-order valence-corrected chi connectivity index (χ1v) is 5.87. The van der Waals surface area contributed by atoms with Crippen LogP contribution < -0.4 is 5.32 Å². The number of nitrogens with one attached hydrogen (secondary N) is 1. The molecule has 104 valence electrons. The van der Waals surface area contributed by atoms with Crippen molar-refractivity contribution in [2.24, 2.45) is 11.8 Å². The number of alkyl halides is 3. The predicted octanol–water partition coefficient (Wildman–Crippen LogP) is 1.95. The zero-order valence-corrected chi connectivity index (χ0v) is 9.79. The lowest BCUT2D eigenvalue weighted by atomic mass is 10.0. The number of carboxylic acids is 1. The Morgan fingerprint density at radius 1 is 1.22 bits per heavy atom. The number of carbonyl (C=O) groups excluding carboxylic acids is 1. The van der Waals surface area contributed by atoms with Crippen molar-refractivity contribution in [3.8, 4) is 0 Å². The van der Waals surface area contributed by atoms with Crippen molar-refractivity contribution >= 4 is 11.9 Å². The van der Waals surface area contributed by atoms with Crippen LogP contribution in [0.2, 0.25) is 0 Å². The molecule has 0 spiro atoms. The predicted molar refractivity (Wildman–Crippen MR) is 56.8 cm³/mol. The van der Waals surface area contributed by atoms with Crippen molar-refractivity contribution in [2.75, 3.05) is 6.54 Å². The molecule has 1 rings (SSSR count). The van der Waals surface area contributed by atoms with E-state index in [1.54, 1.807) is 0 Å². The van der Waals surface area contributed by atoms with Crippen molar-refractivity contribution in [1.82, 2.24) is 5.32 Å². The van der Waals surface area contributed by atoms with Crippen LogP contribution in [-0.2, 0) is 9.59 Å². The SMILES string of the molecule is O=C(O)C1CCC(C(=O)NCCCC(F)(F)F)C1. The van der Waals surface area contributed by atoms with Crippen molar-refractivity contribution in [2.45, 2.75) is 38.3 Å². The highest BCUT2D eigenvalue weighted by Gasteiger charge is 2.33. The Kier molecular flexibility index (Phi) is 4.98. The van der Waals surface area contributed by atoms with Crippen LogP contribution in [0.15, 0.2) is 0 Å². The first kappa shape index (κ1) is 14.8. The third-order valence-electron chi connectivity index (χ3n) is 3.09. The van der Waals surface area contributed by atoms with Crippen LogP contribution >= 0.6 is 0 Å². The molecule has 1 saturated carbocycles. The molecule has 0 aromatic heterocycles. The van der Waals surface area contributed by atoms with Gasteiger partial charge in [0.05, 0.1) is 5.92 Å². The summed E-state index contributed by atoms with van der Waals surface area (Å²) in [5, 5.41) is 11.2. The molecule has 1 aliphatic rings. The van der Waals surface area contributed by atoms with Gasteiger partial charge in [-0.25, -0.2) is 0 Å². The number of hydrogen-bond donors (Lipinski definition) is 2. The van der Waals surface area contributed by atoms with Gasteiger partial charge >= 0.3 is 12.1 Å².